The van der Waals surface area contributed by atoms with Gasteiger partial charge in [-0.1, -0.05) is 54.6 Å². The van der Waals surface area contributed by atoms with Crippen molar-refractivity contribution < 1.29 is 14.5 Å². The molecule has 4 rings (SSSR count). The minimum absolute atomic E-state index is 0.0863. The predicted molar refractivity (Wildman–Crippen MR) is 130 cm³/mol. The van der Waals surface area contributed by atoms with E-state index in [-0.39, 0.29) is 29.6 Å². The average Bonchev–Trinajstić information content (AvgIpc) is 3.27. The molecule has 0 spiro atoms. The molecule has 0 aliphatic carbocycles. The van der Waals surface area contributed by atoms with Crippen molar-refractivity contribution >= 4 is 28.4 Å². The topological polar surface area (TPSA) is 117 Å². The first kappa shape index (κ1) is 22.7. The van der Waals surface area contributed by atoms with E-state index in [1.807, 2.05) is 60.8 Å². The number of hydrogen-bond acceptors (Lipinski definition) is 4. The Morgan fingerprint density at radius 2 is 1.74 bits per heavy atom. The molecule has 0 aliphatic heterocycles. The van der Waals surface area contributed by atoms with Crippen molar-refractivity contribution in [2.45, 2.75) is 12.8 Å². The summed E-state index contributed by atoms with van der Waals surface area (Å²) in [5.41, 5.74) is 3.60. The maximum Gasteiger partial charge on any atom is 0.273 e. The monoisotopic (exact) mass is 456 g/mol. The molecule has 0 saturated heterocycles. The first-order valence-electron chi connectivity index (χ1n) is 10.8. The van der Waals surface area contributed by atoms with Crippen LogP contribution >= 0.6 is 0 Å². The summed E-state index contributed by atoms with van der Waals surface area (Å²) in [6, 6.07) is 22.1. The number of rotatable bonds is 8. The number of H-pyrrole nitrogens is 1. The maximum atomic E-state index is 12.5. The number of benzene rings is 3. The summed E-state index contributed by atoms with van der Waals surface area (Å²) in [5, 5.41) is 17.6. The van der Waals surface area contributed by atoms with Crippen LogP contribution in [0.25, 0.3) is 10.9 Å². The van der Waals surface area contributed by atoms with Crippen molar-refractivity contribution in [1.82, 2.24) is 15.6 Å². The summed E-state index contributed by atoms with van der Waals surface area (Å²) in [6.45, 7) is 1.70. The molecule has 1 unspecified atom stereocenters. The van der Waals surface area contributed by atoms with Gasteiger partial charge in [-0.05, 0) is 30.2 Å². The molecule has 8 heteroatoms. The van der Waals surface area contributed by atoms with Crippen molar-refractivity contribution in [1.29, 1.82) is 0 Å². The number of hydrogen-bond donors (Lipinski definition) is 3. The molecule has 1 aromatic heterocycles. The summed E-state index contributed by atoms with van der Waals surface area (Å²) < 4.78 is 0. The third kappa shape index (κ3) is 4.96. The van der Waals surface area contributed by atoms with E-state index in [0.29, 0.717) is 12.1 Å². The van der Waals surface area contributed by atoms with Gasteiger partial charge in [0.15, 0.2) is 0 Å². The summed E-state index contributed by atoms with van der Waals surface area (Å²) in [5.74, 6) is -0.984. The van der Waals surface area contributed by atoms with E-state index in [1.165, 1.54) is 18.2 Å². The van der Waals surface area contributed by atoms with E-state index in [2.05, 4.69) is 15.6 Å². The third-order valence-electron chi connectivity index (χ3n) is 5.78. The number of aromatic amines is 1. The number of carbonyl (C=O) groups excluding carboxylic acids is 2. The van der Waals surface area contributed by atoms with E-state index in [1.54, 1.807) is 6.92 Å². The van der Waals surface area contributed by atoms with Crippen LogP contribution in [0.1, 0.15) is 33.0 Å². The fraction of sp³-hybridized carbons (Fsp3) is 0.154. The fourth-order valence-electron chi connectivity index (χ4n) is 3.96. The Balaban J connectivity index is 1.43. The molecule has 1 atom stereocenters. The van der Waals surface area contributed by atoms with Crippen LogP contribution < -0.4 is 10.6 Å². The molecule has 0 radical (unpaired) electrons. The van der Waals surface area contributed by atoms with Gasteiger partial charge in [-0.3, -0.25) is 19.7 Å². The normalized spacial score (nSPS) is 11.7. The fourth-order valence-corrected chi connectivity index (χ4v) is 3.96. The van der Waals surface area contributed by atoms with E-state index in [0.717, 1.165) is 22.0 Å². The van der Waals surface area contributed by atoms with Gasteiger partial charge < -0.3 is 15.6 Å². The second-order valence-electron chi connectivity index (χ2n) is 8.00. The Labute approximate surface area is 196 Å². The van der Waals surface area contributed by atoms with Gasteiger partial charge in [0.25, 0.3) is 11.6 Å². The molecule has 4 aromatic rings. The van der Waals surface area contributed by atoms with Crippen molar-refractivity contribution in [3.8, 4) is 0 Å². The van der Waals surface area contributed by atoms with Gasteiger partial charge >= 0.3 is 0 Å². The highest BCUT2D eigenvalue weighted by Crippen LogP contribution is 2.30. The first-order chi connectivity index (χ1) is 16.4. The molecule has 0 saturated carbocycles. The molecule has 3 aromatic carbocycles. The minimum atomic E-state index is -0.547. The Morgan fingerprint density at radius 3 is 2.50 bits per heavy atom. The number of aromatic nitrogens is 1. The van der Waals surface area contributed by atoms with Gasteiger partial charge in [0.1, 0.15) is 0 Å². The molecule has 2 amide bonds. The van der Waals surface area contributed by atoms with E-state index in [4.69, 9.17) is 0 Å². The lowest BCUT2D eigenvalue weighted by atomic mass is 9.91. The van der Waals surface area contributed by atoms with Gasteiger partial charge in [0, 0.05) is 46.8 Å². The summed E-state index contributed by atoms with van der Waals surface area (Å²) in [4.78, 5) is 38.8. The Kier molecular flexibility index (Phi) is 6.68. The molecule has 34 heavy (non-hydrogen) atoms. The zero-order chi connectivity index (χ0) is 24.1. The van der Waals surface area contributed by atoms with Gasteiger partial charge in [-0.15, -0.1) is 0 Å². The van der Waals surface area contributed by atoms with Crippen LogP contribution in [-0.4, -0.2) is 34.8 Å². The maximum absolute atomic E-state index is 12.5. The zero-order valence-corrected chi connectivity index (χ0v) is 18.6. The van der Waals surface area contributed by atoms with Gasteiger partial charge in [0.05, 0.1) is 11.5 Å². The van der Waals surface area contributed by atoms with E-state index in [9.17, 15) is 19.7 Å². The smallest absolute Gasteiger partial charge is 0.273 e. The molecule has 3 N–H and O–H groups in total. The number of fused-ring (bicyclic) bond motifs is 1. The molecular formula is C26H24N4O4. The van der Waals surface area contributed by atoms with Crippen LogP contribution in [0.15, 0.2) is 79.0 Å². The van der Waals surface area contributed by atoms with Crippen molar-refractivity contribution in [3.63, 3.8) is 0 Å². The Bertz CT molecular complexity index is 1350. The summed E-state index contributed by atoms with van der Waals surface area (Å²) >= 11 is 0. The van der Waals surface area contributed by atoms with Gasteiger partial charge in [0.2, 0.25) is 5.91 Å². The number of aryl methyl sites for hydroxylation is 1. The number of amides is 2. The molecule has 0 fully saturated rings. The number of carbonyl (C=O) groups is 2. The lowest BCUT2D eigenvalue weighted by Crippen LogP contribution is -2.38. The van der Waals surface area contributed by atoms with Crippen LogP contribution in [0.5, 0.6) is 0 Å². The quantitative estimate of drug-likeness (QED) is 0.274. The standard InChI is InChI=1S/C26H24N4O4/c1-17-11-12-19(13-24(17)30(33)34)26(32)29-16-25(31)28-14-21(18-7-3-2-4-8-18)22-15-27-23-10-6-5-9-20(22)23/h2-13,15,21,27H,14,16H2,1H3,(H,28,31)(H,29,32). The molecule has 172 valence electrons. The largest absolute Gasteiger partial charge is 0.361 e. The Hall–Kier alpha value is -4.46. The number of para-hydroxylation sites is 1. The van der Waals surface area contributed by atoms with Crippen LogP contribution in [-0.2, 0) is 4.79 Å². The predicted octanol–water partition coefficient (Wildman–Crippen LogP) is 4.06. The number of nitrogens with one attached hydrogen (secondary N) is 3. The number of nitrogens with zero attached hydrogens (tertiary/aromatic N) is 1. The summed E-state index contributed by atoms with van der Waals surface area (Å²) in [7, 11) is 0. The second-order valence-corrected chi connectivity index (χ2v) is 8.00. The van der Waals surface area contributed by atoms with Crippen molar-refractivity contribution in [3.05, 3.63) is 111 Å². The lowest BCUT2D eigenvalue weighted by Gasteiger charge is -2.18. The van der Waals surface area contributed by atoms with Crippen LogP contribution in [0, 0.1) is 17.0 Å². The number of nitro benzene ring substituents is 1. The van der Waals surface area contributed by atoms with Gasteiger partial charge in [-0.25, -0.2) is 0 Å². The third-order valence-corrected chi connectivity index (χ3v) is 5.78. The average molecular weight is 457 g/mol. The van der Waals surface area contributed by atoms with Crippen LogP contribution in [0.3, 0.4) is 0 Å². The highest BCUT2D eigenvalue weighted by atomic mass is 16.6. The highest BCUT2D eigenvalue weighted by Gasteiger charge is 2.20. The molecule has 8 nitrogen and oxygen atoms in total. The zero-order valence-electron chi connectivity index (χ0n) is 18.6. The highest BCUT2D eigenvalue weighted by molar-refractivity contribution is 5.97. The lowest BCUT2D eigenvalue weighted by molar-refractivity contribution is -0.385. The molecule has 0 aliphatic rings. The molecule has 0 bridgehead atoms. The van der Waals surface area contributed by atoms with Crippen molar-refractivity contribution in [2.75, 3.05) is 13.1 Å². The van der Waals surface area contributed by atoms with Gasteiger partial charge in [-0.2, -0.15) is 0 Å². The van der Waals surface area contributed by atoms with E-state index >= 15 is 0 Å². The second kappa shape index (κ2) is 9.99. The minimum Gasteiger partial charge on any atom is -0.361 e. The van der Waals surface area contributed by atoms with Crippen LogP contribution in [0.2, 0.25) is 0 Å². The van der Waals surface area contributed by atoms with Crippen LogP contribution in [0.4, 0.5) is 5.69 Å². The molecule has 1 heterocycles. The number of nitro groups is 1. The summed E-state index contributed by atoms with van der Waals surface area (Å²) in [6.07, 6.45) is 1.96. The van der Waals surface area contributed by atoms with Crippen molar-refractivity contribution in [2.24, 2.45) is 0 Å². The molecular weight excluding hydrogens is 432 g/mol. The Morgan fingerprint density at radius 1 is 1.00 bits per heavy atom. The first-order valence-corrected chi connectivity index (χ1v) is 10.8. The van der Waals surface area contributed by atoms with E-state index < -0.39 is 10.8 Å². The SMILES string of the molecule is Cc1ccc(C(=O)NCC(=O)NCC(c2ccccc2)c2c[nH]c3ccccc23)cc1[N+](=O)[O-].